The number of benzene rings is 2. The molecule has 46 heavy (non-hydrogen) atoms. The first-order valence-corrected chi connectivity index (χ1v) is 15.6. The van der Waals surface area contributed by atoms with Crippen LogP contribution in [0.25, 0.3) is 32.9 Å². The zero-order chi connectivity index (χ0) is 32.1. The molecule has 4 aliphatic heterocycles. The molecule has 2 aromatic heterocycles. The Morgan fingerprint density at radius 2 is 1.85 bits per heavy atom. The summed E-state index contributed by atoms with van der Waals surface area (Å²) in [6.07, 6.45) is 8.77. The quantitative estimate of drug-likeness (QED) is 0.217. The van der Waals surface area contributed by atoms with E-state index in [0.717, 1.165) is 25.8 Å². The highest BCUT2D eigenvalue weighted by Crippen LogP contribution is 2.43. The Balaban J connectivity index is 0.000000321. The minimum Gasteiger partial charge on any atom is -0.508 e. The van der Waals surface area contributed by atoms with E-state index in [1.165, 1.54) is 50.4 Å². The van der Waals surface area contributed by atoms with E-state index in [-0.39, 0.29) is 57.0 Å². The molecule has 4 atom stereocenters. The van der Waals surface area contributed by atoms with Crippen LogP contribution >= 0.6 is 0 Å². The van der Waals surface area contributed by atoms with Gasteiger partial charge in [0.05, 0.1) is 18.2 Å². The van der Waals surface area contributed by atoms with Crippen molar-refractivity contribution in [2.75, 3.05) is 38.2 Å². The lowest BCUT2D eigenvalue weighted by molar-refractivity contribution is 0.153. The number of phenols is 1. The fourth-order valence-corrected chi connectivity index (χ4v) is 7.58. The molecule has 0 amide bonds. The average molecular weight is 635 g/mol. The van der Waals surface area contributed by atoms with E-state index in [4.69, 9.17) is 11.2 Å². The highest BCUT2D eigenvalue weighted by atomic mass is 19.3. The zero-order valence-corrected chi connectivity index (χ0v) is 25.3. The number of rotatable bonds is 4. The van der Waals surface area contributed by atoms with Crippen molar-refractivity contribution in [2.45, 2.75) is 62.8 Å². The van der Waals surface area contributed by atoms with Crippen LogP contribution in [-0.4, -0.2) is 82.5 Å². The Morgan fingerprint density at radius 1 is 1.07 bits per heavy atom. The molecule has 0 aliphatic carbocycles. The highest BCUT2D eigenvalue weighted by molar-refractivity contribution is 6.04. The van der Waals surface area contributed by atoms with Crippen LogP contribution in [0.1, 0.15) is 49.7 Å². The van der Waals surface area contributed by atoms with E-state index in [2.05, 4.69) is 31.1 Å². The second-order valence-electron chi connectivity index (χ2n) is 12.4. The van der Waals surface area contributed by atoms with Gasteiger partial charge < -0.3 is 20.1 Å². The molecular weight excluding hydrogens is 600 g/mol. The van der Waals surface area contributed by atoms with Gasteiger partial charge in [-0.25, -0.2) is 17.6 Å². The van der Waals surface area contributed by atoms with Crippen LogP contribution in [0.2, 0.25) is 0 Å². The van der Waals surface area contributed by atoms with Gasteiger partial charge >= 0.3 is 6.01 Å². The first-order valence-electron chi connectivity index (χ1n) is 15.6. The molecule has 0 spiro atoms. The molecule has 2 bridgehead atoms. The number of methoxy groups -OCH3 is 1. The van der Waals surface area contributed by atoms with E-state index < -0.39 is 24.0 Å². The van der Waals surface area contributed by atoms with Crippen molar-refractivity contribution < 1.29 is 27.4 Å². The van der Waals surface area contributed by atoms with Gasteiger partial charge in [0.2, 0.25) is 0 Å². The Morgan fingerprint density at radius 3 is 2.54 bits per heavy atom. The molecule has 0 radical (unpaired) electrons. The Kier molecular flexibility index (Phi) is 8.07. The number of aromatic hydroxyl groups is 1. The summed E-state index contributed by atoms with van der Waals surface area (Å²) in [7, 11) is 1.37. The number of halogens is 4. The number of nitrogens with one attached hydrogen (secondary N) is 1. The van der Waals surface area contributed by atoms with Gasteiger partial charge in [0, 0.05) is 54.9 Å². The first kappa shape index (κ1) is 30.4. The van der Waals surface area contributed by atoms with Crippen LogP contribution in [0.3, 0.4) is 0 Å². The van der Waals surface area contributed by atoms with Gasteiger partial charge in [-0.05, 0) is 67.8 Å². The van der Waals surface area contributed by atoms with Crippen molar-refractivity contribution >= 4 is 27.6 Å². The largest absolute Gasteiger partial charge is 0.508 e. The lowest BCUT2D eigenvalue weighted by Gasteiger charge is -2.34. The number of anilines is 1. The van der Waals surface area contributed by atoms with E-state index in [1.807, 2.05) is 4.90 Å². The molecule has 4 aliphatic rings. The van der Waals surface area contributed by atoms with Gasteiger partial charge in [0.25, 0.3) is 6.43 Å². The lowest BCUT2D eigenvalue weighted by atomic mass is 9.92. The summed E-state index contributed by atoms with van der Waals surface area (Å²) >= 11 is 0. The van der Waals surface area contributed by atoms with Crippen LogP contribution in [-0.2, 0) is 0 Å². The predicted octanol–water partition coefficient (Wildman–Crippen LogP) is 5.75. The fraction of sp³-hybridized carbons (Fsp3) is 0.441. The van der Waals surface area contributed by atoms with Gasteiger partial charge in [0.1, 0.15) is 28.8 Å². The summed E-state index contributed by atoms with van der Waals surface area (Å²) in [6.45, 7) is 3.16. The smallest absolute Gasteiger partial charge is 0.318 e. The number of alkyl halides is 3. The Hall–Kier alpha value is -4.21. The molecule has 6 heterocycles. The van der Waals surface area contributed by atoms with Crippen LogP contribution in [0.4, 0.5) is 23.4 Å². The molecule has 12 heteroatoms. The van der Waals surface area contributed by atoms with Gasteiger partial charge in [0.15, 0.2) is 5.82 Å². The van der Waals surface area contributed by atoms with Crippen molar-refractivity contribution in [1.82, 2.24) is 25.2 Å². The number of ether oxygens (including phenoxy) is 1. The summed E-state index contributed by atoms with van der Waals surface area (Å²) in [5, 5.41) is 14.6. The molecule has 2 N–H and O–H groups in total. The standard InChI is InChI=1S/C27H22F3N5O2.C7H12FN/c1-3-17-20(28)7-4-13-8-16(36)9-18(21(13)17)19-10-31-24-23(22(19)25(29)30)33-27(37-2)34-26(24)35-11-14-5-6-15(12-35)32-14;8-6-4-7-2-1-3-9(7)5-6/h1,4,7-10,14-15,25,32,36H,5-6,11-12H2,2H3;6-7H,1-5H2. The van der Waals surface area contributed by atoms with E-state index >= 15 is 0 Å². The minimum absolute atomic E-state index is 0.0161. The van der Waals surface area contributed by atoms with E-state index in [9.17, 15) is 22.7 Å². The number of pyridine rings is 1. The molecule has 0 saturated carbocycles. The highest BCUT2D eigenvalue weighted by Gasteiger charge is 2.36. The van der Waals surface area contributed by atoms with Crippen molar-refractivity contribution in [1.29, 1.82) is 0 Å². The topological polar surface area (TPSA) is 86.6 Å². The van der Waals surface area contributed by atoms with Crippen molar-refractivity contribution in [3.05, 3.63) is 47.4 Å². The Bertz CT molecular complexity index is 1820. The fourth-order valence-electron chi connectivity index (χ4n) is 7.58. The predicted molar refractivity (Wildman–Crippen MR) is 168 cm³/mol. The SMILES string of the molecule is C#Cc1c(F)ccc2cc(O)cc(-c3cnc4c(N5CC6CCC(C5)N6)nc(OC)nc4c3C(F)F)c12.FC1CC2CCCN2C1. The average Bonchev–Trinajstić information content (AvgIpc) is 3.73. The molecule has 2 aromatic carbocycles. The van der Waals surface area contributed by atoms with Crippen molar-refractivity contribution in [3.63, 3.8) is 0 Å². The van der Waals surface area contributed by atoms with Crippen molar-refractivity contribution in [3.8, 4) is 35.2 Å². The first-order chi connectivity index (χ1) is 22.2. The number of nitrogens with zero attached hydrogens (tertiary/aromatic N) is 5. The maximum Gasteiger partial charge on any atom is 0.318 e. The Labute approximate surface area is 263 Å². The molecule has 8 rings (SSSR count). The maximum atomic E-state index is 14.8. The molecule has 4 aromatic rings. The summed E-state index contributed by atoms with van der Waals surface area (Å²) < 4.78 is 62.2. The molecule has 4 saturated heterocycles. The van der Waals surface area contributed by atoms with Gasteiger partial charge in [-0.1, -0.05) is 12.0 Å². The molecule has 4 fully saturated rings. The third kappa shape index (κ3) is 5.45. The monoisotopic (exact) mass is 634 g/mol. The normalized spacial score (nSPS) is 23.9. The maximum absolute atomic E-state index is 14.8. The van der Waals surface area contributed by atoms with Crippen molar-refractivity contribution in [2.24, 2.45) is 0 Å². The molecule has 4 unspecified atom stereocenters. The van der Waals surface area contributed by atoms with Crippen LogP contribution in [0, 0.1) is 18.2 Å². The summed E-state index contributed by atoms with van der Waals surface area (Å²) in [5.41, 5.74) is -0.261. The number of terminal acetylenes is 1. The summed E-state index contributed by atoms with van der Waals surface area (Å²) in [4.78, 5) is 17.6. The number of hydrogen-bond acceptors (Lipinski definition) is 8. The number of piperazine rings is 1. The number of fused-ring (bicyclic) bond motifs is 5. The second kappa shape index (κ2) is 12.2. The summed E-state index contributed by atoms with van der Waals surface area (Å²) in [6, 6.07) is 6.40. The number of aromatic nitrogens is 3. The third-order valence-electron chi connectivity index (χ3n) is 9.58. The van der Waals surface area contributed by atoms with Gasteiger partial charge in [-0.2, -0.15) is 9.97 Å². The van der Waals surface area contributed by atoms with E-state index in [1.54, 1.807) is 0 Å². The molecule has 240 valence electrons. The molecule has 8 nitrogen and oxygen atoms in total. The second-order valence-corrected chi connectivity index (χ2v) is 12.4. The van der Waals surface area contributed by atoms with Gasteiger partial charge in [-0.15, -0.1) is 6.42 Å². The van der Waals surface area contributed by atoms with Crippen LogP contribution in [0.5, 0.6) is 11.8 Å². The molecular formula is C34H34F4N6O2. The summed E-state index contributed by atoms with van der Waals surface area (Å²) in [5.74, 6) is 1.88. The number of hydrogen-bond donors (Lipinski definition) is 2. The lowest BCUT2D eigenvalue weighted by Crippen LogP contribution is -2.51. The third-order valence-corrected chi connectivity index (χ3v) is 9.58. The zero-order valence-electron chi connectivity index (χ0n) is 25.3. The van der Waals surface area contributed by atoms with E-state index in [0.29, 0.717) is 36.9 Å². The van der Waals surface area contributed by atoms with Gasteiger partial charge in [-0.3, -0.25) is 9.88 Å². The van der Waals surface area contributed by atoms with Crippen LogP contribution in [0.15, 0.2) is 30.5 Å². The minimum atomic E-state index is -2.98. The van der Waals surface area contributed by atoms with Crippen LogP contribution < -0.4 is 15.0 Å². The number of phenolic OH excluding ortho intramolecular Hbond substituents is 1.